The number of hydrogen-bond acceptors (Lipinski definition) is 4. The maximum atomic E-state index is 14.4. The Hall–Kier alpha value is -3.30. The minimum Gasteiger partial charge on any atom is -0.374 e. The second-order valence-electron chi connectivity index (χ2n) is 8.90. The van der Waals surface area contributed by atoms with E-state index in [0.717, 1.165) is 12.1 Å². The second kappa shape index (κ2) is 10.2. The highest BCUT2D eigenvalue weighted by Crippen LogP contribution is 2.50. The summed E-state index contributed by atoms with van der Waals surface area (Å²) >= 11 is 12.0. The minimum atomic E-state index is -4.83. The molecule has 0 aromatic heterocycles. The number of nitrogens with one attached hydrogen (secondary N) is 2. The smallest absolute Gasteiger partial charge is 0.374 e. The molecule has 1 aliphatic heterocycles. The zero-order valence-electron chi connectivity index (χ0n) is 19.7. The zero-order chi connectivity index (χ0) is 27.0. The van der Waals surface area contributed by atoms with Crippen LogP contribution in [0.2, 0.25) is 10.0 Å². The van der Waals surface area contributed by atoms with E-state index in [1.54, 1.807) is 38.1 Å². The average Bonchev–Trinajstić information content (AvgIpc) is 3.28. The van der Waals surface area contributed by atoms with E-state index < -0.39 is 24.1 Å². The van der Waals surface area contributed by atoms with Crippen molar-refractivity contribution >= 4 is 51.5 Å². The molecule has 1 aliphatic rings. The molecule has 0 aliphatic carbocycles. The molecule has 3 aromatic carbocycles. The summed E-state index contributed by atoms with van der Waals surface area (Å²) in [6.45, 7) is 3.38. The number of amides is 2. The molecule has 1 heterocycles. The van der Waals surface area contributed by atoms with Crippen LogP contribution in [-0.4, -0.2) is 36.3 Å². The maximum absolute atomic E-state index is 14.4. The van der Waals surface area contributed by atoms with Gasteiger partial charge >= 0.3 is 6.18 Å². The van der Waals surface area contributed by atoms with Crippen LogP contribution in [0.1, 0.15) is 41.8 Å². The fourth-order valence-electron chi connectivity index (χ4n) is 4.21. The molecule has 0 radical (unpaired) electrons. The van der Waals surface area contributed by atoms with Gasteiger partial charge in [-0.3, -0.25) is 9.59 Å². The molecule has 2 amide bonds. The average molecular weight is 552 g/mol. The molecule has 0 saturated heterocycles. The molecule has 6 nitrogen and oxygen atoms in total. The van der Waals surface area contributed by atoms with Crippen LogP contribution in [0.15, 0.2) is 59.8 Å². The van der Waals surface area contributed by atoms with E-state index in [1.165, 1.54) is 18.2 Å². The molecule has 3 aromatic rings. The highest BCUT2D eigenvalue weighted by molar-refractivity contribution is 6.34. The van der Waals surface area contributed by atoms with Gasteiger partial charge in [-0.1, -0.05) is 58.7 Å². The molecule has 1 atom stereocenters. The summed E-state index contributed by atoms with van der Waals surface area (Å²) < 4.78 is 43.2. The van der Waals surface area contributed by atoms with Gasteiger partial charge in [-0.15, -0.1) is 0 Å². The Morgan fingerprint density at radius 2 is 1.70 bits per heavy atom. The minimum absolute atomic E-state index is 0.0334. The Morgan fingerprint density at radius 1 is 1.05 bits per heavy atom. The first-order valence-corrected chi connectivity index (χ1v) is 12.0. The molecule has 37 heavy (non-hydrogen) atoms. The van der Waals surface area contributed by atoms with Crippen molar-refractivity contribution in [3.05, 3.63) is 81.3 Å². The molecule has 1 unspecified atom stereocenters. The molecule has 4 rings (SSSR count). The highest BCUT2D eigenvalue weighted by Gasteiger charge is 2.62. The van der Waals surface area contributed by atoms with Crippen molar-refractivity contribution in [2.45, 2.75) is 38.1 Å². The largest absolute Gasteiger partial charge is 0.435 e. The lowest BCUT2D eigenvalue weighted by atomic mass is 9.85. The number of fused-ring (bicyclic) bond motifs is 1. The summed E-state index contributed by atoms with van der Waals surface area (Å²) in [6.07, 6.45) is -5.46. The van der Waals surface area contributed by atoms with Crippen molar-refractivity contribution < 1.29 is 27.6 Å². The number of nitrogens with zero attached hydrogens (tertiary/aromatic N) is 1. The van der Waals surface area contributed by atoms with Crippen LogP contribution in [0.5, 0.6) is 0 Å². The molecular weight excluding hydrogens is 530 g/mol. The summed E-state index contributed by atoms with van der Waals surface area (Å²) in [5, 5.41) is 10.1. The maximum Gasteiger partial charge on any atom is 0.435 e. The molecule has 194 valence electrons. The third-order valence-electron chi connectivity index (χ3n) is 5.85. The monoisotopic (exact) mass is 551 g/mol. The molecule has 0 spiro atoms. The SMILES string of the molecule is CC(C)NC(=O)CNC(=O)c1ccc(C2=NOC(c3cc(Cl)cc(Cl)c3)(C(F)(F)F)C2)c2ccccc12. The quantitative estimate of drug-likeness (QED) is 0.395. The standard InChI is InChI=1S/C26H22Cl2F3N3O3/c1-14(2)33-23(35)13-32-24(36)21-8-7-20(18-5-3-4-6-19(18)21)22-12-25(37-34-22,26(29,30)31)15-9-16(27)11-17(28)10-15/h3-11,14H,12-13H2,1-2H3,(H,32,36)(H,33,35). The molecule has 0 bridgehead atoms. The van der Waals surface area contributed by atoms with E-state index >= 15 is 0 Å². The predicted octanol–water partition coefficient (Wildman–Crippen LogP) is 5.98. The number of halogens is 5. The number of oxime groups is 1. The van der Waals surface area contributed by atoms with Crippen molar-refractivity contribution in [3.63, 3.8) is 0 Å². The molecule has 2 N–H and O–H groups in total. The van der Waals surface area contributed by atoms with Crippen LogP contribution in [0, 0.1) is 0 Å². The van der Waals surface area contributed by atoms with Gasteiger partial charge in [0.25, 0.3) is 11.5 Å². The first-order valence-electron chi connectivity index (χ1n) is 11.3. The van der Waals surface area contributed by atoms with Gasteiger partial charge in [0, 0.05) is 39.2 Å². The summed E-state index contributed by atoms with van der Waals surface area (Å²) in [7, 11) is 0. The topological polar surface area (TPSA) is 79.8 Å². The van der Waals surface area contributed by atoms with E-state index in [-0.39, 0.29) is 45.4 Å². The summed E-state index contributed by atoms with van der Waals surface area (Å²) in [4.78, 5) is 29.9. The number of carbonyl (C=O) groups is 2. The van der Waals surface area contributed by atoms with Gasteiger partial charge in [0.15, 0.2) is 0 Å². The van der Waals surface area contributed by atoms with Gasteiger partial charge in [0.2, 0.25) is 5.91 Å². The van der Waals surface area contributed by atoms with Gasteiger partial charge in [0.1, 0.15) is 0 Å². The fourth-order valence-corrected chi connectivity index (χ4v) is 4.74. The van der Waals surface area contributed by atoms with E-state index in [2.05, 4.69) is 15.8 Å². The first kappa shape index (κ1) is 26.8. The van der Waals surface area contributed by atoms with E-state index in [9.17, 15) is 22.8 Å². The van der Waals surface area contributed by atoms with Gasteiger partial charge in [0.05, 0.1) is 12.3 Å². The molecule has 0 fully saturated rings. The normalized spacial score (nSPS) is 17.5. The van der Waals surface area contributed by atoms with Crippen molar-refractivity contribution in [2.75, 3.05) is 6.54 Å². The Balaban J connectivity index is 1.68. The summed E-state index contributed by atoms with van der Waals surface area (Å²) in [6, 6.07) is 13.3. The first-order chi connectivity index (χ1) is 17.4. The zero-order valence-corrected chi connectivity index (χ0v) is 21.3. The Bertz CT molecular complexity index is 1390. The van der Waals surface area contributed by atoms with Crippen LogP contribution in [-0.2, 0) is 15.2 Å². The van der Waals surface area contributed by atoms with Crippen LogP contribution in [0.4, 0.5) is 13.2 Å². The molecule has 0 saturated carbocycles. The highest BCUT2D eigenvalue weighted by atomic mass is 35.5. The van der Waals surface area contributed by atoms with Crippen LogP contribution < -0.4 is 10.6 Å². The number of carbonyl (C=O) groups excluding carboxylic acids is 2. The van der Waals surface area contributed by atoms with Crippen LogP contribution in [0.25, 0.3) is 10.8 Å². The van der Waals surface area contributed by atoms with Crippen molar-refractivity contribution in [1.29, 1.82) is 0 Å². The van der Waals surface area contributed by atoms with Gasteiger partial charge in [-0.05, 0) is 48.9 Å². The van der Waals surface area contributed by atoms with Crippen molar-refractivity contribution in [1.82, 2.24) is 10.6 Å². The predicted molar refractivity (Wildman–Crippen MR) is 136 cm³/mol. The molecular formula is C26H22Cl2F3N3O3. The van der Waals surface area contributed by atoms with Gasteiger partial charge in [-0.25, -0.2) is 0 Å². The van der Waals surface area contributed by atoms with Gasteiger partial charge in [-0.2, -0.15) is 13.2 Å². The van der Waals surface area contributed by atoms with E-state index in [0.29, 0.717) is 16.3 Å². The fraction of sp³-hybridized carbons (Fsp3) is 0.269. The Kier molecular flexibility index (Phi) is 7.39. The lowest BCUT2D eigenvalue weighted by Crippen LogP contribution is -2.42. The van der Waals surface area contributed by atoms with Crippen LogP contribution in [0.3, 0.4) is 0 Å². The van der Waals surface area contributed by atoms with Crippen molar-refractivity contribution in [3.8, 4) is 0 Å². The lowest BCUT2D eigenvalue weighted by molar-refractivity contribution is -0.275. The van der Waals surface area contributed by atoms with Crippen LogP contribution >= 0.6 is 23.2 Å². The second-order valence-corrected chi connectivity index (χ2v) is 9.77. The Labute approximate surface area is 220 Å². The number of benzene rings is 3. The van der Waals surface area contributed by atoms with Crippen molar-refractivity contribution in [2.24, 2.45) is 5.16 Å². The third kappa shape index (κ3) is 5.38. The lowest BCUT2D eigenvalue weighted by Gasteiger charge is -2.29. The Morgan fingerprint density at radius 3 is 2.32 bits per heavy atom. The van der Waals surface area contributed by atoms with E-state index in [1.807, 2.05) is 0 Å². The summed E-state index contributed by atoms with van der Waals surface area (Å²) in [5.74, 6) is -0.837. The number of rotatable bonds is 6. The van der Waals surface area contributed by atoms with Gasteiger partial charge < -0.3 is 15.5 Å². The van der Waals surface area contributed by atoms with E-state index in [4.69, 9.17) is 28.0 Å². The summed E-state index contributed by atoms with van der Waals surface area (Å²) in [5.41, 5.74) is -2.36. The third-order valence-corrected chi connectivity index (χ3v) is 6.29. The number of alkyl halides is 3. The number of hydrogen-bond donors (Lipinski definition) is 2. The molecule has 11 heteroatoms.